The minimum atomic E-state index is -0.300. The second kappa shape index (κ2) is 8.27. The van der Waals surface area contributed by atoms with Crippen LogP contribution in [0.4, 0.5) is 5.69 Å². The van der Waals surface area contributed by atoms with Crippen molar-refractivity contribution in [3.05, 3.63) is 23.8 Å². The first-order valence-corrected chi connectivity index (χ1v) is 9.63. The molecule has 1 heterocycles. The van der Waals surface area contributed by atoms with Gasteiger partial charge in [0.15, 0.2) is 5.75 Å². The largest absolute Gasteiger partial charge is 0.486 e. The number of carbonyl (C=O) groups is 2. The lowest BCUT2D eigenvalue weighted by Gasteiger charge is -2.37. The zero-order valence-electron chi connectivity index (χ0n) is 16.2. The van der Waals surface area contributed by atoms with Gasteiger partial charge in [0, 0.05) is 24.9 Å². The number of nitrogens with one attached hydrogen (secondary N) is 2. The fraction of sp³-hybridized carbons (Fsp3) is 0.600. The SMILES string of the molecule is CNC[C@@H]1Oc2c(NC(=O)C3CC3)cccc2C(=O)N([C@H](C)CO)C[C@H]1C. The van der Waals surface area contributed by atoms with E-state index in [9.17, 15) is 14.7 Å². The van der Waals surface area contributed by atoms with Crippen molar-refractivity contribution >= 4 is 17.5 Å². The molecule has 3 N–H and O–H groups in total. The van der Waals surface area contributed by atoms with Crippen LogP contribution in [-0.4, -0.2) is 60.7 Å². The van der Waals surface area contributed by atoms with Crippen LogP contribution >= 0.6 is 0 Å². The van der Waals surface area contributed by atoms with Crippen molar-refractivity contribution in [2.24, 2.45) is 11.8 Å². The number of hydrogen-bond acceptors (Lipinski definition) is 5. The van der Waals surface area contributed by atoms with Gasteiger partial charge < -0.3 is 25.4 Å². The number of amides is 2. The van der Waals surface area contributed by atoms with Crippen molar-refractivity contribution in [2.75, 3.05) is 32.1 Å². The predicted molar refractivity (Wildman–Crippen MR) is 103 cm³/mol. The number of anilines is 1. The van der Waals surface area contributed by atoms with Gasteiger partial charge in [-0.15, -0.1) is 0 Å². The summed E-state index contributed by atoms with van der Waals surface area (Å²) in [7, 11) is 1.86. The summed E-state index contributed by atoms with van der Waals surface area (Å²) in [6, 6.07) is 4.94. The smallest absolute Gasteiger partial charge is 0.258 e. The quantitative estimate of drug-likeness (QED) is 0.701. The minimum absolute atomic E-state index is 0.0275. The third kappa shape index (κ3) is 4.25. The summed E-state index contributed by atoms with van der Waals surface area (Å²) in [5.41, 5.74) is 0.946. The maximum atomic E-state index is 13.2. The van der Waals surface area contributed by atoms with Gasteiger partial charge in [-0.3, -0.25) is 9.59 Å². The molecule has 1 fully saturated rings. The second-order valence-electron chi connectivity index (χ2n) is 7.63. The molecule has 27 heavy (non-hydrogen) atoms. The number of aliphatic hydroxyl groups is 1. The van der Waals surface area contributed by atoms with Crippen LogP contribution in [0.1, 0.15) is 37.0 Å². The van der Waals surface area contributed by atoms with Crippen molar-refractivity contribution in [1.29, 1.82) is 0 Å². The molecular formula is C20H29N3O4. The lowest BCUT2D eigenvalue weighted by atomic mass is 9.99. The van der Waals surface area contributed by atoms with E-state index in [4.69, 9.17) is 4.74 Å². The summed E-state index contributed by atoms with van der Waals surface area (Å²) in [5, 5.41) is 15.7. The highest BCUT2D eigenvalue weighted by atomic mass is 16.5. The van der Waals surface area contributed by atoms with Gasteiger partial charge in [-0.25, -0.2) is 0 Å². The van der Waals surface area contributed by atoms with Crippen LogP contribution in [-0.2, 0) is 4.79 Å². The number of ether oxygens (including phenoxy) is 1. The molecule has 7 heteroatoms. The van der Waals surface area contributed by atoms with E-state index in [2.05, 4.69) is 10.6 Å². The number of aliphatic hydroxyl groups excluding tert-OH is 1. The fourth-order valence-corrected chi connectivity index (χ4v) is 3.37. The van der Waals surface area contributed by atoms with E-state index in [0.717, 1.165) is 12.8 Å². The second-order valence-corrected chi connectivity index (χ2v) is 7.63. The van der Waals surface area contributed by atoms with Crippen molar-refractivity contribution < 1.29 is 19.4 Å². The number of rotatable bonds is 6. The van der Waals surface area contributed by atoms with Gasteiger partial charge >= 0.3 is 0 Å². The number of likely N-dealkylation sites (N-methyl/N-ethyl adjacent to an activating group) is 1. The predicted octanol–water partition coefficient (Wildman–Crippen LogP) is 1.47. The highest BCUT2D eigenvalue weighted by molar-refractivity contribution is 6.02. The van der Waals surface area contributed by atoms with Gasteiger partial charge in [-0.05, 0) is 38.9 Å². The molecular weight excluding hydrogens is 346 g/mol. The third-order valence-corrected chi connectivity index (χ3v) is 5.30. The Labute approximate surface area is 160 Å². The van der Waals surface area contributed by atoms with Gasteiger partial charge in [-0.1, -0.05) is 13.0 Å². The maximum absolute atomic E-state index is 13.2. The Bertz CT molecular complexity index is 704. The van der Waals surface area contributed by atoms with Crippen LogP contribution in [0.5, 0.6) is 5.75 Å². The molecule has 1 saturated carbocycles. The van der Waals surface area contributed by atoms with Crippen LogP contribution in [0, 0.1) is 11.8 Å². The van der Waals surface area contributed by atoms with Crippen molar-refractivity contribution in [1.82, 2.24) is 10.2 Å². The topological polar surface area (TPSA) is 90.9 Å². The lowest BCUT2D eigenvalue weighted by molar-refractivity contribution is -0.117. The van der Waals surface area contributed by atoms with Crippen LogP contribution in [0.25, 0.3) is 0 Å². The summed E-state index contributed by atoms with van der Waals surface area (Å²) in [6.07, 6.45) is 1.64. The van der Waals surface area contributed by atoms with Crippen LogP contribution in [0.2, 0.25) is 0 Å². The minimum Gasteiger partial charge on any atom is -0.486 e. The first-order chi connectivity index (χ1) is 13.0. The number of nitrogens with zero attached hydrogens (tertiary/aromatic N) is 1. The van der Waals surface area contributed by atoms with Gasteiger partial charge in [0.25, 0.3) is 5.91 Å². The summed E-state index contributed by atoms with van der Waals surface area (Å²) < 4.78 is 6.27. The van der Waals surface area contributed by atoms with Crippen molar-refractivity contribution in [2.45, 2.75) is 38.8 Å². The van der Waals surface area contributed by atoms with E-state index in [1.807, 2.05) is 20.9 Å². The van der Waals surface area contributed by atoms with E-state index in [1.165, 1.54) is 0 Å². The molecule has 3 atom stereocenters. The van der Waals surface area contributed by atoms with E-state index in [0.29, 0.717) is 30.1 Å². The molecule has 0 bridgehead atoms. The number of para-hydroxylation sites is 1. The zero-order valence-corrected chi connectivity index (χ0v) is 16.2. The van der Waals surface area contributed by atoms with E-state index in [-0.39, 0.29) is 42.4 Å². The Morgan fingerprint density at radius 1 is 1.41 bits per heavy atom. The highest BCUT2D eigenvalue weighted by Gasteiger charge is 2.35. The highest BCUT2D eigenvalue weighted by Crippen LogP contribution is 2.36. The molecule has 0 unspecified atom stereocenters. The Morgan fingerprint density at radius 2 is 2.15 bits per heavy atom. The molecule has 0 saturated heterocycles. The average molecular weight is 375 g/mol. The number of hydrogen-bond donors (Lipinski definition) is 3. The first-order valence-electron chi connectivity index (χ1n) is 9.63. The Balaban J connectivity index is 2.01. The van der Waals surface area contributed by atoms with Gasteiger partial charge in [0.2, 0.25) is 5.91 Å². The molecule has 1 aliphatic heterocycles. The molecule has 0 aromatic heterocycles. The third-order valence-electron chi connectivity index (χ3n) is 5.30. The van der Waals surface area contributed by atoms with Gasteiger partial charge in [-0.2, -0.15) is 0 Å². The van der Waals surface area contributed by atoms with Crippen LogP contribution < -0.4 is 15.4 Å². The van der Waals surface area contributed by atoms with Crippen molar-refractivity contribution in [3.8, 4) is 5.75 Å². The maximum Gasteiger partial charge on any atom is 0.258 e. The number of fused-ring (bicyclic) bond motifs is 1. The Morgan fingerprint density at radius 3 is 2.78 bits per heavy atom. The number of benzene rings is 1. The molecule has 1 aliphatic carbocycles. The van der Waals surface area contributed by atoms with Crippen LogP contribution in [0.15, 0.2) is 18.2 Å². The average Bonchev–Trinajstić information content (AvgIpc) is 3.50. The van der Waals surface area contributed by atoms with E-state index < -0.39 is 0 Å². The molecule has 7 nitrogen and oxygen atoms in total. The van der Waals surface area contributed by atoms with E-state index in [1.54, 1.807) is 23.1 Å². The normalized spacial score (nSPS) is 23.7. The zero-order chi connectivity index (χ0) is 19.6. The summed E-state index contributed by atoms with van der Waals surface area (Å²) >= 11 is 0. The fourth-order valence-electron chi connectivity index (χ4n) is 3.37. The molecule has 2 aliphatic rings. The van der Waals surface area contributed by atoms with E-state index >= 15 is 0 Å². The van der Waals surface area contributed by atoms with Crippen molar-refractivity contribution in [3.63, 3.8) is 0 Å². The van der Waals surface area contributed by atoms with Crippen LogP contribution in [0.3, 0.4) is 0 Å². The molecule has 1 aromatic carbocycles. The lowest BCUT2D eigenvalue weighted by Crippen LogP contribution is -2.49. The number of carbonyl (C=O) groups excluding carboxylic acids is 2. The molecule has 3 rings (SSSR count). The standard InChI is InChI=1S/C20H29N3O4/c1-12-10-23(13(2)11-24)20(26)15-5-4-6-16(22-19(25)14-7-8-14)18(15)27-17(12)9-21-3/h4-6,12-14,17,21,24H,7-11H2,1-3H3,(H,22,25)/t12-,13-,17+/m1/s1. The molecule has 0 radical (unpaired) electrons. The van der Waals surface area contributed by atoms with Gasteiger partial charge in [0.05, 0.1) is 23.9 Å². The monoisotopic (exact) mass is 375 g/mol. The summed E-state index contributed by atoms with van der Waals surface area (Å²) in [5.74, 6) is 0.307. The Kier molecular flexibility index (Phi) is 6.01. The molecule has 2 amide bonds. The first kappa shape index (κ1) is 19.6. The molecule has 1 aromatic rings. The van der Waals surface area contributed by atoms with Gasteiger partial charge in [0.1, 0.15) is 6.10 Å². The Hall–Kier alpha value is -2.12. The summed E-state index contributed by atoms with van der Waals surface area (Å²) in [6.45, 7) is 4.86. The molecule has 0 spiro atoms. The summed E-state index contributed by atoms with van der Waals surface area (Å²) in [4.78, 5) is 27.2. The molecule has 148 valence electrons.